The van der Waals surface area contributed by atoms with Crippen molar-refractivity contribution in [3.05, 3.63) is 80.8 Å². The number of hydrogen-bond acceptors (Lipinski definition) is 5. The number of carboxylic acids is 1. The lowest BCUT2D eigenvalue weighted by molar-refractivity contribution is -0.139. The quantitative estimate of drug-likeness (QED) is 0.506. The first-order chi connectivity index (χ1) is 15.8. The van der Waals surface area contributed by atoms with Crippen molar-refractivity contribution >= 4 is 44.3 Å². The van der Waals surface area contributed by atoms with Gasteiger partial charge in [0.25, 0.3) is 5.91 Å². The zero-order chi connectivity index (χ0) is 23.3. The lowest BCUT2D eigenvalue weighted by Gasteiger charge is -2.33. The van der Waals surface area contributed by atoms with Crippen LogP contribution in [0.4, 0.5) is 13.9 Å². The number of rotatable bonds is 5. The summed E-state index contributed by atoms with van der Waals surface area (Å²) in [6.45, 7) is 0.532. The van der Waals surface area contributed by atoms with E-state index >= 15 is 4.39 Å². The van der Waals surface area contributed by atoms with Crippen molar-refractivity contribution in [3.63, 3.8) is 0 Å². The molecule has 3 heterocycles. The van der Waals surface area contributed by atoms with Gasteiger partial charge in [-0.1, -0.05) is 29.5 Å². The van der Waals surface area contributed by atoms with Crippen LogP contribution in [0.25, 0.3) is 0 Å². The number of fused-ring (bicyclic) bond motifs is 1. The van der Waals surface area contributed by atoms with Gasteiger partial charge in [-0.25, -0.2) is 18.6 Å². The van der Waals surface area contributed by atoms with Crippen LogP contribution in [-0.4, -0.2) is 39.5 Å². The number of aliphatic carboxylic acids is 1. The first-order valence-electron chi connectivity index (χ1n) is 10.3. The zero-order valence-corrected chi connectivity index (χ0v) is 19.5. The van der Waals surface area contributed by atoms with Gasteiger partial charge in [0.05, 0.1) is 16.0 Å². The molecule has 0 aliphatic carbocycles. The van der Waals surface area contributed by atoms with E-state index in [1.807, 2.05) is 0 Å². The normalized spacial score (nSPS) is 22.2. The van der Waals surface area contributed by atoms with E-state index < -0.39 is 35.6 Å². The van der Waals surface area contributed by atoms with Crippen molar-refractivity contribution in [3.8, 4) is 0 Å². The topological polar surface area (TPSA) is 73.7 Å². The Morgan fingerprint density at radius 2 is 1.97 bits per heavy atom. The van der Waals surface area contributed by atoms with Gasteiger partial charge in [0.2, 0.25) is 0 Å². The number of amides is 1. The first-order valence-corrected chi connectivity index (χ1v) is 11.9. The molecule has 2 aromatic carbocycles. The van der Waals surface area contributed by atoms with E-state index in [1.54, 1.807) is 29.3 Å². The van der Waals surface area contributed by atoms with E-state index in [9.17, 15) is 19.1 Å². The summed E-state index contributed by atoms with van der Waals surface area (Å²) in [7, 11) is 0. The molecule has 10 heteroatoms. The molecule has 33 heavy (non-hydrogen) atoms. The summed E-state index contributed by atoms with van der Waals surface area (Å²) < 4.78 is 29.3. The molecule has 0 saturated carbocycles. The van der Waals surface area contributed by atoms with Crippen LogP contribution in [0.5, 0.6) is 0 Å². The molecule has 1 saturated heterocycles. The maximum absolute atomic E-state index is 15.1. The predicted octanol–water partition coefficient (Wildman–Crippen LogP) is 4.86. The average Bonchev–Trinajstić information content (AvgIpc) is 3.47. The highest BCUT2D eigenvalue weighted by Gasteiger charge is 2.51. The van der Waals surface area contributed by atoms with Gasteiger partial charge in [0, 0.05) is 30.1 Å². The molecule has 1 aromatic heterocycles. The molecule has 1 fully saturated rings. The second-order valence-electron chi connectivity index (χ2n) is 8.08. The number of halogens is 3. The largest absolute Gasteiger partial charge is 0.480 e. The summed E-state index contributed by atoms with van der Waals surface area (Å²) in [6.07, 6.45) is 2.06. The number of carboxylic acid groups (broad SMARTS) is 1. The Balaban J connectivity index is 1.57. The number of aromatic nitrogens is 1. The fraction of sp³-hybridized carbons (Fsp3) is 0.261. The van der Waals surface area contributed by atoms with Crippen LogP contribution >= 0.6 is 27.3 Å². The van der Waals surface area contributed by atoms with Crippen LogP contribution in [0, 0.1) is 17.6 Å². The molecule has 2 aliphatic heterocycles. The Labute approximate surface area is 200 Å². The maximum Gasteiger partial charge on any atom is 0.326 e. The molecule has 6 nitrogen and oxygen atoms in total. The van der Waals surface area contributed by atoms with Gasteiger partial charge in [-0.3, -0.25) is 4.79 Å². The van der Waals surface area contributed by atoms with Crippen molar-refractivity contribution in [1.82, 2.24) is 9.88 Å². The number of carbonyl (C=O) groups excluding carboxylic acids is 1. The van der Waals surface area contributed by atoms with Gasteiger partial charge in [-0.15, -0.1) is 0 Å². The van der Waals surface area contributed by atoms with E-state index in [0.717, 1.165) is 3.79 Å². The molecule has 3 aromatic rings. The van der Waals surface area contributed by atoms with Crippen molar-refractivity contribution in [1.29, 1.82) is 0 Å². The second kappa shape index (κ2) is 8.49. The van der Waals surface area contributed by atoms with Crippen molar-refractivity contribution in [2.45, 2.75) is 25.0 Å². The summed E-state index contributed by atoms with van der Waals surface area (Å²) in [5.74, 6) is -2.91. The van der Waals surface area contributed by atoms with Crippen LogP contribution in [0.3, 0.4) is 0 Å². The van der Waals surface area contributed by atoms with Gasteiger partial charge in [0.15, 0.2) is 5.13 Å². The molecule has 1 N–H and O–H groups in total. The zero-order valence-electron chi connectivity index (χ0n) is 17.1. The number of hydrogen-bond donors (Lipinski definition) is 1. The van der Waals surface area contributed by atoms with Crippen LogP contribution < -0.4 is 4.90 Å². The molecule has 170 valence electrons. The molecule has 2 unspecified atom stereocenters. The molecule has 1 amide bonds. The smallest absolute Gasteiger partial charge is 0.326 e. The maximum atomic E-state index is 15.1. The number of benzene rings is 2. The van der Waals surface area contributed by atoms with Crippen LogP contribution in [0.2, 0.25) is 0 Å². The minimum absolute atomic E-state index is 0.115. The minimum atomic E-state index is -1.05. The highest BCUT2D eigenvalue weighted by atomic mass is 79.9. The predicted molar refractivity (Wildman–Crippen MR) is 122 cm³/mol. The first kappa shape index (κ1) is 22.0. The number of thiazole rings is 1. The van der Waals surface area contributed by atoms with Gasteiger partial charge < -0.3 is 14.9 Å². The van der Waals surface area contributed by atoms with Gasteiger partial charge >= 0.3 is 5.97 Å². The fourth-order valence-corrected chi connectivity index (χ4v) is 6.16. The van der Waals surface area contributed by atoms with E-state index in [4.69, 9.17) is 0 Å². The summed E-state index contributed by atoms with van der Waals surface area (Å²) in [5.41, 5.74) is 1.14. The Morgan fingerprint density at radius 3 is 2.64 bits per heavy atom. The summed E-state index contributed by atoms with van der Waals surface area (Å²) in [4.78, 5) is 33.3. The second-order valence-corrected chi connectivity index (χ2v) is 10.5. The molecule has 0 bridgehead atoms. The van der Waals surface area contributed by atoms with Crippen molar-refractivity contribution < 1.29 is 23.5 Å². The number of carbonyl (C=O) groups is 2. The van der Waals surface area contributed by atoms with Crippen LogP contribution in [-0.2, 0) is 11.3 Å². The van der Waals surface area contributed by atoms with Gasteiger partial charge in [-0.2, -0.15) is 0 Å². The Morgan fingerprint density at radius 1 is 1.21 bits per heavy atom. The lowest BCUT2D eigenvalue weighted by Crippen LogP contribution is -2.44. The highest BCUT2D eigenvalue weighted by Crippen LogP contribution is 2.47. The summed E-state index contributed by atoms with van der Waals surface area (Å²) >= 11 is 4.68. The summed E-state index contributed by atoms with van der Waals surface area (Å²) in [6, 6.07) is 8.33. The van der Waals surface area contributed by atoms with Crippen LogP contribution in [0.1, 0.15) is 33.9 Å². The Bertz CT molecular complexity index is 1240. The lowest BCUT2D eigenvalue weighted by atomic mass is 9.86. The standard InChI is InChI=1S/C23H18BrF2N3O3S/c24-17-10-27-23(33-17)28-9-8-15(20(28)22(31)32)19-18-14(2-1-3-16(18)26)21(30)29(19)11-12-4-6-13(25)7-5-12/h1-7,10,15,19-20H,8-9,11H2,(H,31,32)/t15?,19?,20-/m0/s1. The Hall–Kier alpha value is -2.85. The molecule has 0 spiro atoms. The Kier molecular flexibility index (Phi) is 5.65. The third-order valence-corrected chi connectivity index (χ3v) is 7.77. The van der Waals surface area contributed by atoms with E-state index in [-0.39, 0.29) is 23.6 Å². The van der Waals surface area contributed by atoms with Crippen molar-refractivity contribution in [2.75, 3.05) is 11.4 Å². The SMILES string of the molecule is O=C(O)[C@@H]1C(C2c3c(F)cccc3C(=O)N2Cc2ccc(F)cc2)CCN1c1ncc(Br)s1. The molecule has 0 radical (unpaired) electrons. The van der Waals surface area contributed by atoms with Gasteiger partial charge in [-0.05, 0) is 52.2 Å². The monoisotopic (exact) mass is 533 g/mol. The molecular formula is C23H18BrF2N3O3S. The summed E-state index contributed by atoms with van der Waals surface area (Å²) in [5, 5.41) is 10.7. The van der Waals surface area contributed by atoms with Crippen LogP contribution in [0.15, 0.2) is 52.4 Å². The number of anilines is 1. The number of nitrogens with zero attached hydrogens (tertiary/aromatic N) is 3. The average molecular weight is 534 g/mol. The molecule has 3 atom stereocenters. The molecule has 5 rings (SSSR count). The van der Waals surface area contributed by atoms with E-state index in [2.05, 4.69) is 20.9 Å². The van der Waals surface area contributed by atoms with Gasteiger partial charge in [0.1, 0.15) is 17.7 Å². The minimum Gasteiger partial charge on any atom is -0.480 e. The van der Waals surface area contributed by atoms with E-state index in [0.29, 0.717) is 23.7 Å². The third-order valence-electron chi connectivity index (χ3n) is 6.26. The third kappa shape index (κ3) is 3.80. The highest BCUT2D eigenvalue weighted by molar-refractivity contribution is 9.11. The fourth-order valence-electron chi connectivity index (χ4n) is 4.92. The molecular weight excluding hydrogens is 516 g/mol. The van der Waals surface area contributed by atoms with Crippen molar-refractivity contribution in [2.24, 2.45) is 5.92 Å². The van der Waals surface area contributed by atoms with E-state index in [1.165, 1.54) is 40.5 Å². The molecule has 2 aliphatic rings.